The third-order valence-corrected chi connectivity index (χ3v) is 7.67. The molecule has 3 aliphatic heterocycles. The fourth-order valence-electron chi connectivity index (χ4n) is 5.76. The van der Waals surface area contributed by atoms with E-state index in [4.69, 9.17) is 9.72 Å². The predicted molar refractivity (Wildman–Crippen MR) is 131 cm³/mol. The Balaban J connectivity index is 1.33. The van der Waals surface area contributed by atoms with Crippen molar-refractivity contribution in [1.29, 1.82) is 0 Å². The summed E-state index contributed by atoms with van der Waals surface area (Å²) in [6.45, 7) is 5.03. The molecule has 11 heteroatoms. The number of aromatic amines is 1. The number of halogens is 3. The molecule has 0 saturated carbocycles. The van der Waals surface area contributed by atoms with E-state index in [0.29, 0.717) is 16.6 Å². The van der Waals surface area contributed by atoms with Gasteiger partial charge in [-0.15, -0.1) is 0 Å². The van der Waals surface area contributed by atoms with E-state index >= 15 is 0 Å². The first kappa shape index (κ1) is 23.5. The van der Waals surface area contributed by atoms with E-state index in [0.717, 1.165) is 83.5 Å². The number of H-pyrrole nitrogens is 1. The van der Waals surface area contributed by atoms with Crippen LogP contribution in [-0.4, -0.2) is 65.4 Å². The minimum Gasteiger partial charge on any atom is -0.381 e. The zero-order chi connectivity index (χ0) is 24.8. The van der Waals surface area contributed by atoms with Crippen molar-refractivity contribution in [3.05, 3.63) is 30.1 Å². The van der Waals surface area contributed by atoms with Crippen molar-refractivity contribution in [2.75, 3.05) is 49.6 Å². The number of anilines is 2. The standard InChI is InChI=1S/C25H30F3N7O/c26-25(27,28)19-13-31-23(32-16-3-1-8-29-11-16)34-21(19)18-12-30-22-17(18)4-5-20(33-22)35-9-2-6-24(14-35)7-10-36-15-24/h4-5,12-13,16,29H,1-3,6-11,14-15H2,(H,30,33)(H,31,32,34)/t16-,24?/m0/s1. The number of nitrogens with zero attached hydrogens (tertiary/aromatic N) is 4. The number of hydrogen-bond donors (Lipinski definition) is 3. The Morgan fingerprint density at radius 1 is 1.17 bits per heavy atom. The van der Waals surface area contributed by atoms with Crippen LogP contribution in [0.15, 0.2) is 24.5 Å². The van der Waals surface area contributed by atoms with Crippen LogP contribution < -0.4 is 15.5 Å². The van der Waals surface area contributed by atoms with Crippen LogP contribution in [0.3, 0.4) is 0 Å². The molecule has 6 rings (SSSR count). The fraction of sp³-hybridized carbons (Fsp3) is 0.560. The first-order valence-electron chi connectivity index (χ1n) is 12.6. The number of piperidine rings is 2. The number of aromatic nitrogens is 4. The molecule has 0 amide bonds. The molecule has 3 aromatic heterocycles. The van der Waals surface area contributed by atoms with Gasteiger partial charge >= 0.3 is 6.18 Å². The van der Waals surface area contributed by atoms with Crippen LogP contribution in [0.2, 0.25) is 0 Å². The van der Waals surface area contributed by atoms with Crippen molar-refractivity contribution in [3.63, 3.8) is 0 Å². The zero-order valence-electron chi connectivity index (χ0n) is 20.0. The van der Waals surface area contributed by atoms with Gasteiger partial charge in [0, 0.05) is 61.0 Å². The lowest BCUT2D eigenvalue weighted by atomic mass is 9.79. The second-order valence-electron chi connectivity index (χ2n) is 10.2. The minimum absolute atomic E-state index is 0.0774. The van der Waals surface area contributed by atoms with Crippen LogP contribution in [0.5, 0.6) is 0 Å². The Hall–Kier alpha value is -2.92. The van der Waals surface area contributed by atoms with E-state index < -0.39 is 11.7 Å². The molecule has 1 unspecified atom stereocenters. The molecular weight excluding hydrogens is 471 g/mol. The van der Waals surface area contributed by atoms with Crippen LogP contribution in [0.4, 0.5) is 24.9 Å². The van der Waals surface area contributed by atoms with Crippen LogP contribution in [0.25, 0.3) is 22.3 Å². The molecule has 3 aliphatic rings. The SMILES string of the molecule is FC(F)(F)c1cnc(N[C@H]2CCCNC2)nc1-c1c[nH]c2nc(N3CCCC4(CCOC4)C3)ccc12. The number of pyridine rings is 1. The Labute approximate surface area is 207 Å². The van der Waals surface area contributed by atoms with Crippen LogP contribution in [0.1, 0.15) is 37.7 Å². The molecule has 192 valence electrons. The molecule has 3 saturated heterocycles. The van der Waals surface area contributed by atoms with Crippen molar-refractivity contribution < 1.29 is 17.9 Å². The molecule has 3 N–H and O–H groups in total. The second kappa shape index (κ2) is 9.19. The lowest BCUT2D eigenvalue weighted by Crippen LogP contribution is -2.44. The van der Waals surface area contributed by atoms with E-state index in [1.165, 1.54) is 0 Å². The molecule has 0 aromatic carbocycles. The van der Waals surface area contributed by atoms with E-state index in [1.807, 2.05) is 12.1 Å². The summed E-state index contributed by atoms with van der Waals surface area (Å²) in [6.07, 6.45) is 3.04. The fourth-order valence-corrected chi connectivity index (χ4v) is 5.76. The summed E-state index contributed by atoms with van der Waals surface area (Å²) in [5.41, 5.74) is 0.0734. The Kier molecular flexibility index (Phi) is 5.99. The zero-order valence-corrected chi connectivity index (χ0v) is 20.0. The van der Waals surface area contributed by atoms with Crippen LogP contribution in [0, 0.1) is 5.41 Å². The van der Waals surface area contributed by atoms with Gasteiger partial charge in [0.05, 0.1) is 12.3 Å². The number of hydrogen-bond acceptors (Lipinski definition) is 7. The van der Waals surface area contributed by atoms with Gasteiger partial charge in [-0.25, -0.2) is 15.0 Å². The van der Waals surface area contributed by atoms with E-state index in [2.05, 4.69) is 30.5 Å². The van der Waals surface area contributed by atoms with Crippen molar-refractivity contribution in [1.82, 2.24) is 25.3 Å². The van der Waals surface area contributed by atoms with Crippen LogP contribution >= 0.6 is 0 Å². The highest BCUT2D eigenvalue weighted by molar-refractivity contribution is 5.94. The van der Waals surface area contributed by atoms with Crippen LogP contribution in [-0.2, 0) is 10.9 Å². The summed E-state index contributed by atoms with van der Waals surface area (Å²) in [4.78, 5) is 18.5. The Bertz CT molecular complexity index is 1230. The summed E-state index contributed by atoms with van der Waals surface area (Å²) < 4.78 is 47.5. The maximum atomic E-state index is 13.9. The highest BCUT2D eigenvalue weighted by Gasteiger charge is 2.39. The lowest BCUT2D eigenvalue weighted by molar-refractivity contribution is -0.137. The molecule has 3 aromatic rings. The highest BCUT2D eigenvalue weighted by atomic mass is 19.4. The molecule has 36 heavy (non-hydrogen) atoms. The number of ether oxygens (including phenoxy) is 1. The smallest absolute Gasteiger partial charge is 0.381 e. The molecule has 0 aliphatic carbocycles. The molecule has 2 atom stereocenters. The minimum atomic E-state index is -4.58. The lowest BCUT2D eigenvalue weighted by Gasteiger charge is -2.40. The van der Waals surface area contributed by atoms with Gasteiger partial charge in [-0.3, -0.25) is 0 Å². The number of fused-ring (bicyclic) bond motifs is 1. The van der Waals surface area contributed by atoms with Gasteiger partial charge in [-0.05, 0) is 50.8 Å². The van der Waals surface area contributed by atoms with Crippen molar-refractivity contribution in [2.24, 2.45) is 5.41 Å². The molecule has 0 bridgehead atoms. The second-order valence-corrected chi connectivity index (χ2v) is 10.2. The highest BCUT2D eigenvalue weighted by Crippen LogP contribution is 2.41. The normalized spacial score (nSPS) is 25.1. The predicted octanol–water partition coefficient (Wildman–Crippen LogP) is 4.21. The molecule has 8 nitrogen and oxygen atoms in total. The number of alkyl halides is 3. The number of nitrogens with one attached hydrogen (secondary N) is 3. The average molecular weight is 502 g/mol. The molecular formula is C25H30F3N7O. The largest absolute Gasteiger partial charge is 0.419 e. The van der Waals surface area contributed by atoms with Crippen molar-refractivity contribution >= 4 is 22.8 Å². The monoisotopic (exact) mass is 501 g/mol. The summed E-state index contributed by atoms with van der Waals surface area (Å²) in [6, 6.07) is 3.82. The van der Waals surface area contributed by atoms with E-state index in [-0.39, 0.29) is 23.1 Å². The summed E-state index contributed by atoms with van der Waals surface area (Å²) >= 11 is 0. The first-order chi connectivity index (χ1) is 17.4. The maximum Gasteiger partial charge on any atom is 0.419 e. The molecule has 6 heterocycles. The van der Waals surface area contributed by atoms with Gasteiger partial charge in [-0.1, -0.05) is 0 Å². The van der Waals surface area contributed by atoms with Gasteiger partial charge in [0.2, 0.25) is 5.95 Å². The Morgan fingerprint density at radius 3 is 2.86 bits per heavy atom. The van der Waals surface area contributed by atoms with Crippen molar-refractivity contribution in [3.8, 4) is 11.3 Å². The van der Waals surface area contributed by atoms with E-state index in [9.17, 15) is 13.2 Å². The van der Waals surface area contributed by atoms with Gasteiger partial charge < -0.3 is 25.3 Å². The first-order valence-corrected chi connectivity index (χ1v) is 12.6. The Morgan fingerprint density at radius 2 is 2.08 bits per heavy atom. The van der Waals surface area contributed by atoms with Gasteiger partial charge in [0.25, 0.3) is 0 Å². The number of rotatable bonds is 4. The van der Waals surface area contributed by atoms with E-state index in [1.54, 1.807) is 6.20 Å². The summed E-state index contributed by atoms with van der Waals surface area (Å²) in [5.74, 6) is 1.02. The quantitative estimate of drug-likeness (QED) is 0.493. The maximum absolute atomic E-state index is 13.9. The molecule has 3 fully saturated rings. The molecule has 0 radical (unpaired) electrons. The van der Waals surface area contributed by atoms with Gasteiger partial charge in [0.1, 0.15) is 17.0 Å². The third kappa shape index (κ3) is 4.50. The summed E-state index contributed by atoms with van der Waals surface area (Å²) in [7, 11) is 0. The van der Waals surface area contributed by atoms with Gasteiger partial charge in [-0.2, -0.15) is 13.2 Å². The topological polar surface area (TPSA) is 91.0 Å². The molecule has 1 spiro atoms. The summed E-state index contributed by atoms with van der Waals surface area (Å²) in [5, 5.41) is 7.08. The van der Waals surface area contributed by atoms with Crippen molar-refractivity contribution in [2.45, 2.75) is 44.3 Å². The third-order valence-electron chi connectivity index (χ3n) is 7.67. The van der Waals surface area contributed by atoms with Gasteiger partial charge in [0.15, 0.2) is 0 Å². The average Bonchev–Trinajstić information content (AvgIpc) is 3.50.